The van der Waals surface area contributed by atoms with E-state index in [4.69, 9.17) is 10.7 Å². The van der Waals surface area contributed by atoms with E-state index in [1.54, 1.807) is 12.5 Å². The minimum Gasteiger partial charge on any atom is -0.617 e. The number of nitrogen functional groups attached to an aromatic ring is 1. The van der Waals surface area contributed by atoms with Gasteiger partial charge >= 0.3 is 0 Å². The normalized spacial score (nSPS) is 13.9. The molecule has 3 nitrogen and oxygen atoms in total. The van der Waals surface area contributed by atoms with Crippen LogP contribution in [-0.2, 0) is 24.0 Å². The molecule has 19 heavy (non-hydrogen) atoms. The van der Waals surface area contributed by atoms with Crippen molar-refractivity contribution in [3.05, 3.63) is 35.5 Å². The van der Waals surface area contributed by atoms with Gasteiger partial charge in [-0.25, -0.2) is 0 Å². The highest BCUT2D eigenvalue weighted by atomic mass is 32.2. The summed E-state index contributed by atoms with van der Waals surface area (Å²) in [5.74, 6) is 0. The van der Waals surface area contributed by atoms with Crippen molar-refractivity contribution in [2.24, 2.45) is 0 Å². The standard InChI is InChI=1S/C13H14N2.C2H6OS/c14-13-9-5-1-3-7-11(9)15-12-8-4-2-6-10(12)13;1-4(2)3/h1,3,5,7H,2,4,6,8H2,(H2,14,15);1-2H3. The number of benzene rings is 1. The first-order valence-electron chi connectivity index (χ1n) is 6.50. The Kier molecular flexibility index (Phi) is 4.66. The summed E-state index contributed by atoms with van der Waals surface area (Å²) >= 11 is -0.611. The quantitative estimate of drug-likeness (QED) is 0.752. The van der Waals surface area contributed by atoms with Gasteiger partial charge in [0.1, 0.15) is 0 Å². The molecule has 3 rings (SSSR count). The van der Waals surface area contributed by atoms with Crippen molar-refractivity contribution in [2.45, 2.75) is 25.7 Å². The Bertz CT molecular complexity index is 567. The Labute approximate surface area is 117 Å². The van der Waals surface area contributed by atoms with Crippen molar-refractivity contribution in [1.82, 2.24) is 4.98 Å². The van der Waals surface area contributed by atoms with Crippen molar-refractivity contribution in [3.63, 3.8) is 0 Å². The predicted molar refractivity (Wildman–Crippen MR) is 82.8 cm³/mol. The smallest absolute Gasteiger partial charge is 0.0946 e. The lowest BCUT2D eigenvalue weighted by molar-refractivity contribution is 0.606. The van der Waals surface area contributed by atoms with E-state index in [1.807, 2.05) is 18.2 Å². The number of hydrogen-bond acceptors (Lipinski definition) is 3. The Hall–Kier alpha value is -1.26. The van der Waals surface area contributed by atoms with Crippen molar-refractivity contribution < 1.29 is 4.55 Å². The fourth-order valence-electron chi connectivity index (χ4n) is 2.41. The first-order valence-corrected chi connectivity index (χ1v) is 8.47. The summed E-state index contributed by atoms with van der Waals surface area (Å²) in [5.41, 5.74) is 10.7. The third-order valence-electron chi connectivity index (χ3n) is 3.21. The lowest BCUT2D eigenvalue weighted by Crippen LogP contribution is -2.09. The Morgan fingerprint density at radius 2 is 1.79 bits per heavy atom. The van der Waals surface area contributed by atoms with E-state index in [0.717, 1.165) is 29.4 Å². The molecule has 0 fully saturated rings. The second kappa shape index (κ2) is 6.26. The molecule has 0 spiro atoms. The summed E-state index contributed by atoms with van der Waals surface area (Å²) in [6.45, 7) is 0. The molecule has 0 amide bonds. The zero-order valence-corrected chi connectivity index (χ0v) is 12.3. The highest BCUT2D eigenvalue weighted by Crippen LogP contribution is 2.30. The number of nitrogens with zero attached hydrogens (tertiary/aromatic N) is 1. The first-order chi connectivity index (χ1) is 9.09. The van der Waals surface area contributed by atoms with Crippen LogP contribution in [0.15, 0.2) is 24.3 Å². The topological polar surface area (TPSA) is 62.0 Å². The molecule has 1 heterocycles. The Morgan fingerprint density at radius 1 is 1.16 bits per heavy atom. The first kappa shape index (κ1) is 14.2. The molecule has 0 saturated carbocycles. The van der Waals surface area contributed by atoms with Gasteiger partial charge in [-0.2, -0.15) is 0 Å². The number of para-hydroxylation sites is 1. The second-order valence-corrected chi connectivity index (χ2v) is 6.40. The molecule has 2 N–H and O–H groups in total. The maximum Gasteiger partial charge on any atom is 0.0946 e. The predicted octanol–water partition coefficient (Wildman–Crippen LogP) is 2.69. The van der Waals surface area contributed by atoms with E-state index in [0.29, 0.717) is 0 Å². The number of rotatable bonds is 0. The van der Waals surface area contributed by atoms with Gasteiger partial charge in [-0.15, -0.1) is 0 Å². The second-order valence-electron chi connectivity index (χ2n) is 4.92. The lowest BCUT2D eigenvalue weighted by Gasteiger charge is -2.18. The molecule has 0 bridgehead atoms. The van der Waals surface area contributed by atoms with Crippen molar-refractivity contribution in [3.8, 4) is 0 Å². The van der Waals surface area contributed by atoms with E-state index in [1.165, 1.54) is 24.1 Å². The molecule has 1 aromatic heterocycles. The summed E-state index contributed by atoms with van der Waals surface area (Å²) in [6, 6.07) is 8.15. The third-order valence-corrected chi connectivity index (χ3v) is 3.21. The van der Waals surface area contributed by atoms with Crippen LogP contribution in [0, 0.1) is 0 Å². The van der Waals surface area contributed by atoms with Gasteiger partial charge in [0.05, 0.1) is 18.0 Å². The molecule has 4 heteroatoms. The van der Waals surface area contributed by atoms with Crippen molar-refractivity contribution in [2.75, 3.05) is 18.2 Å². The number of fused-ring (bicyclic) bond motifs is 2. The SMILES string of the molecule is C[S+](C)[O-].Nc1c2c(nc3ccccc13)CCCC2. The van der Waals surface area contributed by atoms with Gasteiger partial charge in [0.25, 0.3) is 0 Å². The van der Waals surface area contributed by atoms with Crippen LogP contribution in [0.3, 0.4) is 0 Å². The van der Waals surface area contributed by atoms with Crippen LogP contribution in [0.25, 0.3) is 10.9 Å². The maximum atomic E-state index is 9.56. The fourth-order valence-corrected chi connectivity index (χ4v) is 2.41. The number of aryl methyl sites for hydroxylation is 1. The molecule has 0 saturated heterocycles. The summed E-state index contributed by atoms with van der Waals surface area (Å²) in [4.78, 5) is 4.70. The van der Waals surface area contributed by atoms with E-state index < -0.39 is 11.2 Å². The molecular weight excluding hydrogens is 256 g/mol. The highest BCUT2D eigenvalue weighted by molar-refractivity contribution is 7.89. The van der Waals surface area contributed by atoms with Crippen LogP contribution >= 0.6 is 0 Å². The number of hydrogen-bond donors (Lipinski definition) is 1. The van der Waals surface area contributed by atoms with Crippen LogP contribution < -0.4 is 5.73 Å². The molecule has 1 aliphatic rings. The van der Waals surface area contributed by atoms with Gasteiger partial charge in [-0.05, 0) is 37.3 Å². The van der Waals surface area contributed by atoms with Gasteiger partial charge < -0.3 is 10.3 Å². The average Bonchev–Trinajstić information content (AvgIpc) is 2.38. The van der Waals surface area contributed by atoms with Crippen LogP contribution in [0.1, 0.15) is 24.1 Å². The van der Waals surface area contributed by atoms with Gasteiger partial charge in [0.2, 0.25) is 0 Å². The summed E-state index contributed by atoms with van der Waals surface area (Å²) in [5, 5.41) is 1.11. The van der Waals surface area contributed by atoms with Crippen LogP contribution in [-0.4, -0.2) is 22.0 Å². The van der Waals surface area contributed by atoms with E-state index in [2.05, 4.69) is 6.07 Å². The van der Waals surface area contributed by atoms with Crippen LogP contribution in [0.2, 0.25) is 0 Å². The summed E-state index contributed by atoms with van der Waals surface area (Å²) in [6.07, 6.45) is 7.96. The zero-order valence-electron chi connectivity index (χ0n) is 11.5. The minimum absolute atomic E-state index is 0.611. The van der Waals surface area contributed by atoms with E-state index in [-0.39, 0.29) is 0 Å². The number of anilines is 1. The molecule has 1 aliphatic carbocycles. The Morgan fingerprint density at radius 3 is 2.53 bits per heavy atom. The molecule has 0 atom stereocenters. The van der Waals surface area contributed by atoms with E-state index in [9.17, 15) is 4.55 Å². The van der Waals surface area contributed by atoms with Gasteiger partial charge in [0.15, 0.2) is 0 Å². The molecule has 0 radical (unpaired) electrons. The van der Waals surface area contributed by atoms with Crippen LogP contribution in [0.5, 0.6) is 0 Å². The summed E-state index contributed by atoms with van der Waals surface area (Å²) < 4.78 is 9.56. The molecule has 102 valence electrons. The molecule has 0 aliphatic heterocycles. The van der Waals surface area contributed by atoms with E-state index >= 15 is 0 Å². The molecule has 2 aromatic rings. The molecule has 0 unspecified atom stereocenters. The number of nitrogens with two attached hydrogens (primary N) is 1. The number of pyridine rings is 1. The monoisotopic (exact) mass is 276 g/mol. The minimum atomic E-state index is -0.611. The van der Waals surface area contributed by atoms with Crippen LogP contribution in [0.4, 0.5) is 5.69 Å². The maximum absolute atomic E-state index is 9.56. The van der Waals surface area contributed by atoms with Gasteiger partial charge in [-0.3, -0.25) is 4.98 Å². The highest BCUT2D eigenvalue weighted by Gasteiger charge is 2.15. The average molecular weight is 276 g/mol. The third kappa shape index (κ3) is 3.39. The lowest BCUT2D eigenvalue weighted by atomic mass is 9.93. The summed E-state index contributed by atoms with van der Waals surface area (Å²) in [7, 11) is 0. The fraction of sp³-hybridized carbons (Fsp3) is 0.400. The van der Waals surface area contributed by atoms with Crippen molar-refractivity contribution >= 4 is 27.8 Å². The molecule has 1 aromatic carbocycles. The molecular formula is C15H20N2OS. The zero-order chi connectivity index (χ0) is 13.8. The van der Waals surface area contributed by atoms with Gasteiger partial charge in [0, 0.05) is 16.8 Å². The number of aromatic nitrogens is 1. The van der Waals surface area contributed by atoms with Gasteiger partial charge in [-0.1, -0.05) is 29.4 Å². The Balaban J connectivity index is 0.000000297. The largest absolute Gasteiger partial charge is 0.617 e. The van der Waals surface area contributed by atoms with Crippen molar-refractivity contribution in [1.29, 1.82) is 0 Å².